The van der Waals surface area contributed by atoms with Crippen LogP contribution in [0.2, 0.25) is 0 Å². The van der Waals surface area contributed by atoms with E-state index in [-0.39, 0.29) is 29.8 Å². The molecule has 2 aromatic rings. The maximum absolute atomic E-state index is 13.6. The van der Waals surface area contributed by atoms with E-state index in [0.717, 1.165) is 6.42 Å². The Labute approximate surface area is 159 Å². The number of rotatable bonds is 4. The van der Waals surface area contributed by atoms with Crippen LogP contribution in [-0.4, -0.2) is 19.0 Å². The fourth-order valence-corrected chi connectivity index (χ4v) is 2.89. The largest absolute Gasteiger partial charge is 0.353 e. The molecule has 128 valence electrons. The fourth-order valence-electron chi connectivity index (χ4n) is 2.89. The highest BCUT2D eigenvalue weighted by atomic mass is 127. The number of nitrogens with zero attached hydrogens (tertiary/aromatic N) is 1. The van der Waals surface area contributed by atoms with Gasteiger partial charge in [0.25, 0.3) is 0 Å². The number of hydrogen-bond acceptors (Lipinski definition) is 1. The minimum atomic E-state index is -0.195. The normalized spacial score (nSPS) is 19.4. The van der Waals surface area contributed by atoms with Gasteiger partial charge in [0, 0.05) is 31.1 Å². The van der Waals surface area contributed by atoms with Crippen LogP contribution < -0.4 is 10.6 Å². The first-order valence-corrected chi connectivity index (χ1v) is 7.95. The molecule has 3 rings (SSSR count). The zero-order valence-corrected chi connectivity index (χ0v) is 16.3. The molecule has 2 atom stereocenters. The fraction of sp³-hybridized carbons (Fsp3) is 0.316. The Morgan fingerprint density at radius 1 is 1.17 bits per heavy atom. The van der Waals surface area contributed by atoms with Crippen molar-refractivity contribution in [3.05, 3.63) is 71.0 Å². The number of nitrogens with one attached hydrogen (secondary N) is 2. The lowest BCUT2D eigenvalue weighted by Gasteiger charge is -2.13. The zero-order chi connectivity index (χ0) is 16.2. The van der Waals surface area contributed by atoms with Gasteiger partial charge in [-0.3, -0.25) is 4.99 Å². The van der Waals surface area contributed by atoms with E-state index in [0.29, 0.717) is 30.0 Å². The van der Waals surface area contributed by atoms with Crippen LogP contribution in [0.25, 0.3) is 0 Å². The first-order valence-electron chi connectivity index (χ1n) is 7.95. The number of hydrogen-bond donors (Lipinski definition) is 2. The smallest absolute Gasteiger partial charge is 0.191 e. The lowest BCUT2D eigenvalue weighted by molar-refractivity contribution is 0.604. The van der Waals surface area contributed by atoms with Crippen molar-refractivity contribution < 1.29 is 4.39 Å². The summed E-state index contributed by atoms with van der Waals surface area (Å²) in [5, 5.41) is 6.61. The van der Waals surface area contributed by atoms with Gasteiger partial charge >= 0.3 is 0 Å². The Hall–Kier alpha value is -1.63. The van der Waals surface area contributed by atoms with Crippen molar-refractivity contribution in [3.8, 4) is 0 Å². The molecule has 0 spiro atoms. The minimum Gasteiger partial charge on any atom is -0.353 e. The molecular formula is C19H23FIN3. The zero-order valence-electron chi connectivity index (χ0n) is 13.9. The van der Waals surface area contributed by atoms with Gasteiger partial charge in [-0.2, -0.15) is 0 Å². The maximum Gasteiger partial charge on any atom is 0.191 e. The molecule has 1 aliphatic rings. The molecule has 2 unspecified atom stereocenters. The molecule has 2 aromatic carbocycles. The molecule has 24 heavy (non-hydrogen) atoms. The van der Waals surface area contributed by atoms with Crippen molar-refractivity contribution in [2.75, 3.05) is 7.05 Å². The van der Waals surface area contributed by atoms with Gasteiger partial charge in [-0.05, 0) is 30.5 Å². The van der Waals surface area contributed by atoms with E-state index >= 15 is 0 Å². The summed E-state index contributed by atoms with van der Waals surface area (Å²) in [4.78, 5) is 4.24. The van der Waals surface area contributed by atoms with E-state index < -0.39 is 0 Å². The average Bonchev–Trinajstić information content (AvgIpc) is 3.32. The summed E-state index contributed by atoms with van der Waals surface area (Å²) in [5.41, 5.74) is 3.37. The van der Waals surface area contributed by atoms with Gasteiger partial charge in [0.1, 0.15) is 5.82 Å². The predicted octanol–water partition coefficient (Wildman–Crippen LogP) is 3.97. The van der Waals surface area contributed by atoms with Crippen molar-refractivity contribution in [1.29, 1.82) is 0 Å². The SMILES string of the molecule is CN=C(NCc1ccccc1F)NC1CC1c1ccccc1C.I. The Balaban J connectivity index is 0.00000208. The first-order chi connectivity index (χ1) is 11.2. The number of benzene rings is 2. The average molecular weight is 439 g/mol. The Bertz CT molecular complexity index is 717. The first kappa shape index (κ1) is 18.7. The molecule has 0 aliphatic heterocycles. The highest BCUT2D eigenvalue weighted by Crippen LogP contribution is 2.41. The van der Waals surface area contributed by atoms with Gasteiger partial charge in [-0.1, -0.05) is 42.5 Å². The number of aryl methyl sites for hydroxylation is 1. The third-order valence-corrected chi connectivity index (χ3v) is 4.33. The van der Waals surface area contributed by atoms with E-state index in [1.165, 1.54) is 17.2 Å². The lowest BCUT2D eigenvalue weighted by Crippen LogP contribution is -2.38. The summed E-state index contributed by atoms with van der Waals surface area (Å²) in [5.74, 6) is 1.05. The quantitative estimate of drug-likeness (QED) is 0.430. The highest BCUT2D eigenvalue weighted by molar-refractivity contribution is 14.0. The third kappa shape index (κ3) is 4.47. The van der Waals surface area contributed by atoms with Crippen LogP contribution in [0.1, 0.15) is 29.0 Å². The van der Waals surface area contributed by atoms with Gasteiger partial charge in [0.15, 0.2) is 5.96 Å². The molecule has 0 radical (unpaired) electrons. The minimum absolute atomic E-state index is 0. The van der Waals surface area contributed by atoms with E-state index in [2.05, 4.69) is 46.8 Å². The lowest BCUT2D eigenvalue weighted by atomic mass is 10.0. The summed E-state index contributed by atoms with van der Waals surface area (Å²) in [6.45, 7) is 2.57. The van der Waals surface area contributed by atoms with E-state index in [1.54, 1.807) is 19.2 Å². The summed E-state index contributed by atoms with van der Waals surface area (Å²) >= 11 is 0. The molecule has 5 heteroatoms. The molecule has 0 heterocycles. The Kier molecular flexibility index (Phi) is 6.60. The summed E-state index contributed by atoms with van der Waals surface area (Å²) in [6, 6.07) is 15.7. The molecule has 0 bridgehead atoms. The highest BCUT2D eigenvalue weighted by Gasteiger charge is 2.39. The maximum atomic E-state index is 13.6. The van der Waals surface area contributed by atoms with Gasteiger partial charge in [0.2, 0.25) is 0 Å². The molecule has 1 fully saturated rings. The van der Waals surface area contributed by atoms with E-state index in [4.69, 9.17) is 0 Å². The second-order valence-corrected chi connectivity index (χ2v) is 5.97. The van der Waals surface area contributed by atoms with Crippen molar-refractivity contribution >= 4 is 29.9 Å². The van der Waals surface area contributed by atoms with Crippen molar-refractivity contribution in [2.24, 2.45) is 4.99 Å². The van der Waals surface area contributed by atoms with Crippen LogP contribution in [0.5, 0.6) is 0 Å². The molecule has 0 aromatic heterocycles. The molecule has 0 saturated heterocycles. The number of halogens is 2. The third-order valence-electron chi connectivity index (χ3n) is 4.33. The Morgan fingerprint density at radius 2 is 1.88 bits per heavy atom. The van der Waals surface area contributed by atoms with Crippen molar-refractivity contribution in [3.63, 3.8) is 0 Å². The van der Waals surface area contributed by atoms with Gasteiger partial charge in [0.05, 0.1) is 0 Å². The second-order valence-electron chi connectivity index (χ2n) is 5.97. The van der Waals surface area contributed by atoms with Crippen LogP contribution in [0, 0.1) is 12.7 Å². The molecular weight excluding hydrogens is 416 g/mol. The van der Waals surface area contributed by atoms with Gasteiger partial charge in [-0.15, -0.1) is 24.0 Å². The van der Waals surface area contributed by atoms with Crippen LogP contribution in [0.3, 0.4) is 0 Å². The molecule has 1 aliphatic carbocycles. The molecule has 0 amide bonds. The van der Waals surface area contributed by atoms with Crippen LogP contribution in [-0.2, 0) is 6.54 Å². The Morgan fingerprint density at radius 3 is 2.58 bits per heavy atom. The van der Waals surface area contributed by atoms with E-state index in [9.17, 15) is 4.39 Å². The van der Waals surface area contributed by atoms with Crippen molar-refractivity contribution in [1.82, 2.24) is 10.6 Å². The van der Waals surface area contributed by atoms with Crippen LogP contribution in [0.4, 0.5) is 4.39 Å². The number of guanidine groups is 1. The summed E-state index contributed by atoms with van der Waals surface area (Å²) < 4.78 is 13.6. The monoisotopic (exact) mass is 439 g/mol. The second kappa shape index (κ2) is 8.46. The summed E-state index contributed by atoms with van der Waals surface area (Å²) in [7, 11) is 1.74. The van der Waals surface area contributed by atoms with Gasteiger partial charge in [-0.25, -0.2) is 4.39 Å². The summed E-state index contributed by atoms with van der Waals surface area (Å²) in [6.07, 6.45) is 1.10. The predicted molar refractivity (Wildman–Crippen MR) is 107 cm³/mol. The molecule has 1 saturated carbocycles. The van der Waals surface area contributed by atoms with Crippen LogP contribution in [0.15, 0.2) is 53.5 Å². The molecule has 2 N–H and O–H groups in total. The topological polar surface area (TPSA) is 36.4 Å². The van der Waals surface area contributed by atoms with Crippen molar-refractivity contribution in [2.45, 2.75) is 31.8 Å². The molecule has 3 nitrogen and oxygen atoms in total. The standard InChI is InChI=1S/C19H22FN3.HI/c1-13-7-3-5-9-15(13)16-11-18(16)23-19(21-2)22-12-14-8-4-6-10-17(14)20;/h3-10,16,18H,11-12H2,1-2H3,(H2,21,22,23);1H. The van der Waals surface area contributed by atoms with Crippen LogP contribution >= 0.6 is 24.0 Å². The van der Waals surface area contributed by atoms with E-state index in [1.807, 2.05) is 6.07 Å². The van der Waals surface area contributed by atoms with Gasteiger partial charge < -0.3 is 10.6 Å². The number of aliphatic imine (C=N–C) groups is 1.